The number of fused-ring (bicyclic) bond motifs is 1. The fourth-order valence-corrected chi connectivity index (χ4v) is 3.68. The topological polar surface area (TPSA) is 50.3 Å². The molecule has 0 spiro atoms. The van der Waals surface area contributed by atoms with Gasteiger partial charge in [0.25, 0.3) is 0 Å². The van der Waals surface area contributed by atoms with Gasteiger partial charge >= 0.3 is 0 Å². The van der Waals surface area contributed by atoms with Crippen LogP contribution < -0.4 is 4.90 Å². The normalized spacial score (nSPS) is 18.5. The van der Waals surface area contributed by atoms with Gasteiger partial charge in [0.15, 0.2) is 5.12 Å². The molecular formula is C15H13ClN2O2S. The molecule has 21 heavy (non-hydrogen) atoms. The summed E-state index contributed by atoms with van der Waals surface area (Å²) < 4.78 is 0. The van der Waals surface area contributed by atoms with Gasteiger partial charge in [0.2, 0.25) is 5.91 Å². The van der Waals surface area contributed by atoms with Crippen LogP contribution in [0.5, 0.6) is 0 Å². The van der Waals surface area contributed by atoms with Crippen molar-refractivity contribution in [3.8, 4) is 0 Å². The summed E-state index contributed by atoms with van der Waals surface area (Å²) in [6.45, 7) is 2.05. The Morgan fingerprint density at radius 1 is 1.43 bits per heavy atom. The number of pyridine rings is 1. The maximum Gasteiger partial charge on any atom is 0.228 e. The van der Waals surface area contributed by atoms with Crippen molar-refractivity contribution in [2.24, 2.45) is 0 Å². The van der Waals surface area contributed by atoms with Gasteiger partial charge in [-0.05, 0) is 12.1 Å². The second-order valence-electron chi connectivity index (χ2n) is 4.92. The van der Waals surface area contributed by atoms with E-state index < -0.39 is 0 Å². The van der Waals surface area contributed by atoms with Crippen molar-refractivity contribution in [2.45, 2.75) is 18.6 Å². The number of carbonyl (C=O) groups excluding carboxylic acids is 2. The van der Waals surface area contributed by atoms with Crippen LogP contribution in [-0.2, 0) is 9.59 Å². The zero-order valence-corrected chi connectivity index (χ0v) is 12.9. The summed E-state index contributed by atoms with van der Waals surface area (Å²) in [6, 6.07) is 9.29. The number of thioether (sulfide) groups is 1. The smallest absolute Gasteiger partial charge is 0.228 e. The number of benzene rings is 1. The van der Waals surface area contributed by atoms with E-state index in [1.807, 2.05) is 24.3 Å². The Bertz CT molecular complexity index is 735. The SMILES string of the molecule is CC(=O)SC1CC(=O)N(c2cc(Cl)nc3ccccc23)C1. The number of carbonyl (C=O) groups is 2. The second kappa shape index (κ2) is 5.66. The molecule has 0 radical (unpaired) electrons. The number of halogens is 1. The van der Waals surface area contributed by atoms with Crippen LogP contribution in [0.4, 0.5) is 5.69 Å². The Labute approximate surface area is 131 Å². The van der Waals surface area contributed by atoms with Crippen molar-refractivity contribution in [3.63, 3.8) is 0 Å². The standard InChI is InChI=1S/C15H13ClN2O2S/c1-9(19)21-10-6-15(20)18(8-10)13-7-14(16)17-12-5-3-2-4-11(12)13/h2-5,7,10H,6,8H2,1H3. The van der Waals surface area contributed by atoms with Crippen LogP contribution in [0.3, 0.4) is 0 Å². The molecule has 1 aliphatic heterocycles. The average Bonchev–Trinajstić information content (AvgIpc) is 2.77. The molecule has 0 bridgehead atoms. The maximum atomic E-state index is 12.3. The molecule has 0 aliphatic carbocycles. The van der Waals surface area contributed by atoms with Gasteiger partial charge in [-0.2, -0.15) is 0 Å². The van der Waals surface area contributed by atoms with E-state index in [-0.39, 0.29) is 16.3 Å². The lowest BCUT2D eigenvalue weighted by atomic mass is 10.2. The molecule has 0 N–H and O–H groups in total. The molecular weight excluding hydrogens is 308 g/mol. The third-order valence-electron chi connectivity index (χ3n) is 3.38. The zero-order valence-electron chi connectivity index (χ0n) is 11.4. The molecule has 0 saturated carbocycles. The van der Waals surface area contributed by atoms with Crippen molar-refractivity contribution < 1.29 is 9.59 Å². The molecule has 1 amide bonds. The average molecular weight is 321 g/mol. The van der Waals surface area contributed by atoms with E-state index in [1.165, 1.54) is 18.7 Å². The molecule has 1 unspecified atom stereocenters. The summed E-state index contributed by atoms with van der Waals surface area (Å²) in [7, 11) is 0. The summed E-state index contributed by atoms with van der Waals surface area (Å²) in [6.07, 6.45) is 0.374. The number of amides is 1. The first-order valence-corrected chi connectivity index (χ1v) is 7.83. The Hall–Kier alpha value is -1.59. The molecule has 1 saturated heterocycles. The van der Waals surface area contributed by atoms with E-state index in [0.717, 1.165) is 16.6 Å². The summed E-state index contributed by atoms with van der Waals surface area (Å²) in [4.78, 5) is 29.5. The van der Waals surface area contributed by atoms with Crippen LogP contribution in [0.15, 0.2) is 30.3 Å². The largest absolute Gasteiger partial charge is 0.310 e. The zero-order chi connectivity index (χ0) is 15.0. The molecule has 1 aliphatic rings. The lowest BCUT2D eigenvalue weighted by molar-refractivity contribution is -0.117. The third-order valence-corrected chi connectivity index (χ3v) is 4.55. The monoisotopic (exact) mass is 320 g/mol. The Morgan fingerprint density at radius 2 is 2.19 bits per heavy atom. The summed E-state index contributed by atoms with van der Waals surface area (Å²) in [5.74, 6) is 0.0150. The maximum absolute atomic E-state index is 12.3. The van der Waals surface area contributed by atoms with E-state index >= 15 is 0 Å². The summed E-state index contributed by atoms with van der Waals surface area (Å²) in [5.41, 5.74) is 1.53. The molecule has 108 valence electrons. The van der Waals surface area contributed by atoms with E-state index in [0.29, 0.717) is 18.1 Å². The van der Waals surface area contributed by atoms with Gasteiger partial charge < -0.3 is 4.90 Å². The number of rotatable bonds is 2. The van der Waals surface area contributed by atoms with Crippen LogP contribution >= 0.6 is 23.4 Å². The van der Waals surface area contributed by atoms with E-state index in [1.54, 1.807) is 11.0 Å². The van der Waals surface area contributed by atoms with Crippen molar-refractivity contribution in [1.82, 2.24) is 4.98 Å². The molecule has 6 heteroatoms. The second-order valence-corrected chi connectivity index (χ2v) is 6.79. The van der Waals surface area contributed by atoms with Crippen molar-refractivity contribution in [3.05, 3.63) is 35.5 Å². The minimum atomic E-state index is 0.000651. The highest BCUT2D eigenvalue weighted by Crippen LogP contribution is 2.34. The number of para-hydroxylation sites is 1. The quantitative estimate of drug-likeness (QED) is 0.797. The molecule has 1 aromatic carbocycles. The number of hydrogen-bond donors (Lipinski definition) is 0. The van der Waals surface area contributed by atoms with Crippen molar-refractivity contribution in [2.75, 3.05) is 11.4 Å². The summed E-state index contributed by atoms with van der Waals surface area (Å²) in [5, 5.41) is 1.29. The molecule has 1 fully saturated rings. The first kappa shape index (κ1) is 14.4. The molecule has 3 rings (SSSR count). The highest BCUT2D eigenvalue weighted by Gasteiger charge is 2.32. The molecule has 2 aromatic rings. The highest BCUT2D eigenvalue weighted by molar-refractivity contribution is 8.14. The predicted molar refractivity (Wildman–Crippen MR) is 85.8 cm³/mol. The lowest BCUT2D eigenvalue weighted by Gasteiger charge is -2.18. The molecule has 2 heterocycles. The third kappa shape index (κ3) is 2.89. The fraction of sp³-hybridized carbons (Fsp3) is 0.267. The lowest BCUT2D eigenvalue weighted by Crippen LogP contribution is -2.25. The van der Waals surface area contributed by atoms with Crippen molar-refractivity contribution >= 4 is 51.0 Å². The number of anilines is 1. The fourth-order valence-electron chi connectivity index (χ4n) is 2.57. The van der Waals surface area contributed by atoms with Gasteiger partial charge in [-0.15, -0.1) is 0 Å². The number of aromatic nitrogens is 1. The number of nitrogens with zero attached hydrogens (tertiary/aromatic N) is 2. The van der Waals surface area contributed by atoms with Gasteiger partial charge in [0.05, 0.1) is 11.2 Å². The molecule has 1 aromatic heterocycles. The van der Waals surface area contributed by atoms with Crippen LogP contribution in [0.1, 0.15) is 13.3 Å². The highest BCUT2D eigenvalue weighted by atomic mass is 35.5. The first-order chi connectivity index (χ1) is 10.0. The van der Waals surface area contributed by atoms with Gasteiger partial charge in [-0.1, -0.05) is 41.6 Å². The first-order valence-electron chi connectivity index (χ1n) is 6.57. The van der Waals surface area contributed by atoms with Gasteiger partial charge in [-0.25, -0.2) is 4.98 Å². The Kier molecular flexibility index (Phi) is 3.87. The minimum Gasteiger partial charge on any atom is -0.310 e. The van der Waals surface area contributed by atoms with E-state index in [4.69, 9.17) is 11.6 Å². The van der Waals surface area contributed by atoms with Crippen LogP contribution in [0, 0.1) is 0 Å². The number of hydrogen-bond acceptors (Lipinski definition) is 4. The van der Waals surface area contributed by atoms with Crippen molar-refractivity contribution in [1.29, 1.82) is 0 Å². The van der Waals surface area contributed by atoms with Crippen LogP contribution in [0.2, 0.25) is 5.15 Å². The molecule has 1 atom stereocenters. The van der Waals surface area contributed by atoms with Gasteiger partial charge in [0, 0.05) is 30.5 Å². The Balaban J connectivity index is 2.00. The van der Waals surface area contributed by atoms with Crippen LogP contribution in [0.25, 0.3) is 10.9 Å². The minimum absolute atomic E-state index is 0.000651. The predicted octanol–water partition coefficient (Wildman–Crippen LogP) is 3.27. The van der Waals surface area contributed by atoms with Gasteiger partial charge in [0.1, 0.15) is 5.15 Å². The molecule has 4 nitrogen and oxygen atoms in total. The summed E-state index contributed by atoms with van der Waals surface area (Å²) >= 11 is 7.29. The van der Waals surface area contributed by atoms with E-state index in [2.05, 4.69) is 4.98 Å². The van der Waals surface area contributed by atoms with Gasteiger partial charge in [-0.3, -0.25) is 9.59 Å². The van der Waals surface area contributed by atoms with Crippen LogP contribution in [-0.4, -0.2) is 27.8 Å². The van der Waals surface area contributed by atoms with E-state index in [9.17, 15) is 9.59 Å². The Morgan fingerprint density at radius 3 is 2.95 bits per heavy atom.